The van der Waals surface area contributed by atoms with Crippen LogP contribution in [0.5, 0.6) is 0 Å². The van der Waals surface area contributed by atoms with E-state index < -0.39 is 0 Å². The van der Waals surface area contributed by atoms with Crippen LogP contribution in [-0.2, 0) is 0 Å². The average Bonchev–Trinajstić information content (AvgIpc) is 1.87. The third-order valence-electron chi connectivity index (χ3n) is 0.768. The predicted molar refractivity (Wildman–Crippen MR) is 36.1 cm³/mol. The van der Waals surface area contributed by atoms with Crippen LogP contribution in [-0.4, -0.2) is 22.7 Å². The molecule has 0 spiro atoms. The maximum atomic E-state index is 4.16. The topological polar surface area (TPSA) is 15.3 Å². The second-order valence-corrected chi connectivity index (χ2v) is 3.62. The summed E-state index contributed by atoms with van der Waals surface area (Å²) in [5.41, 5.74) is 0. The first-order valence-electron chi connectivity index (χ1n) is 2.08. The van der Waals surface area contributed by atoms with E-state index in [1.165, 1.54) is 0 Å². The maximum Gasteiger partial charge on any atom is 0.113 e. The summed E-state index contributed by atoms with van der Waals surface area (Å²) in [6.45, 7) is 0.943. The number of nitrogens with one attached hydrogen (secondary N) is 1. The summed E-state index contributed by atoms with van der Waals surface area (Å²) in [5, 5.41) is 3.12. The van der Waals surface area contributed by atoms with Gasteiger partial charge in [0.05, 0.1) is 6.67 Å². The standard InChI is InChI=1S/C3H8N2S2/c1-5-2-4-3(6)7-5/h3-4,6H,2H2,1H3. The average molecular weight is 136 g/mol. The van der Waals surface area contributed by atoms with Gasteiger partial charge in [-0.1, -0.05) is 0 Å². The van der Waals surface area contributed by atoms with Gasteiger partial charge >= 0.3 is 0 Å². The molecule has 0 amide bonds. The molecule has 1 fully saturated rings. The highest BCUT2D eigenvalue weighted by atomic mass is 32.2. The quantitative estimate of drug-likeness (QED) is 0.369. The molecule has 1 unspecified atom stereocenters. The van der Waals surface area contributed by atoms with Crippen LogP contribution in [0.4, 0.5) is 0 Å². The fourth-order valence-electron chi connectivity index (χ4n) is 0.452. The van der Waals surface area contributed by atoms with Crippen molar-refractivity contribution in [2.45, 2.75) is 4.71 Å². The minimum Gasteiger partial charge on any atom is -0.282 e. The summed E-state index contributed by atoms with van der Waals surface area (Å²) in [7, 11) is 2.04. The molecule has 1 atom stereocenters. The van der Waals surface area contributed by atoms with Gasteiger partial charge in [0.2, 0.25) is 0 Å². The van der Waals surface area contributed by atoms with Gasteiger partial charge in [0.25, 0.3) is 0 Å². The number of rotatable bonds is 0. The highest BCUT2D eigenvalue weighted by molar-refractivity contribution is 8.08. The lowest BCUT2D eigenvalue weighted by Gasteiger charge is -1.99. The fourth-order valence-corrected chi connectivity index (χ4v) is 1.66. The van der Waals surface area contributed by atoms with Crippen LogP contribution in [0.1, 0.15) is 0 Å². The Kier molecular flexibility index (Phi) is 1.86. The summed E-state index contributed by atoms with van der Waals surface area (Å²) in [6, 6.07) is 0. The van der Waals surface area contributed by atoms with Crippen LogP contribution in [0, 0.1) is 0 Å². The third-order valence-corrected chi connectivity index (χ3v) is 2.09. The van der Waals surface area contributed by atoms with E-state index >= 15 is 0 Å². The van der Waals surface area contributed by atoms with Crippen molar-refractivity contribution in [1.29, 1.82) is 0 Å². The van der Waals surface area contributed by atoms with Gasteiger partial charge in [-0.25, -0.2) is 4.31 Å². The molecule has 2 nitrogen and oxygen atoms in total. The van der Waals surface area contributed by atoms with E-state index in [1.807, 2.05) is 7.05 Å². The fraction of sp³-hybridized carbons (Fsp3) is 1.00. The van der Waals surface area contributed by atoms with Crippen LogP contribution < -0.4 is 5.32 Å². The smallest absolute Gasteiger partial charge is 0.113 e. The molecule has 0 saturated carbocycles. The summed E-state index contributed by atoms with van der Waals surface area (Å²) < 4.78 is 2.42. The van der Waals surface area contributed by atoms with E-state index in [0.717, 1.165) is 6.67 Å². The Balaban J connectivity index is 2.26. The van der Waals surface area contributed by atoms with Crippen molar-refractivity contribution in [3.8, 4) is 0 Å². The summed E-state index contributed by atoms with van der Waals surface area (Å²) in [6.07, 6.45) is 0. The molecule has 0 aromatic rings. The predicted octanol–water partition coefficient (Wildman–Crippen LogP) is 0.340. The first-order chi connectivity index (χ1) is 3.29. The van der Waals surface area contributed by atoms with Gasteiger partial charge in [-0.2, -0.15) is 0 Å². The van der Waals surface area contributed by atoms with Crippen LogP contribution >= 0.6 is 24.6 Å². The number of hydrogen-bond donors (Lipinski definition) is 2. The molecular formula is C3H8N2S2. The zero-order valence-electron chi connectivity index (χ0n) is 4.09. The van der Waals surface area contributed by atoms with E-state index in [-0.39, 0.29) is 0 Å². The molecule has 1 saturated heterocycles. The van der Waals surface area contributed by atoms with Crippen molar-refractivity contribution in [2.75, 3.05) is 13.7 Å². The first-order valence-corrected chi connectivity index (χ1v) is 3.44. The third kappa shape index (κ3) is 1.53. The van der Waals surface area contributed by atoms with E-state index in [0.29, 0.717) is 4.71 Å². The second kappa shape index (κ2) is 2.26. The van der Waals surface area contributed by atoms with Crippen LogP contribution in [0.2, 0.25) is 0 Å². The summed E-state index contributed by atoms with van der Waals surface area (Å²) in [4.78, 5) is 0. The lowest BCUT2D eigenvalue weighted by Crippen LogP contribution is -2.16. The second-order valence-electron chi connectivity index (χ2n) is 1.45. The Hall–Kier alpha value is 0.620. The Labute approximate surface area is 53.2 Å². The van der Waals surface area contributed by atoms with Gasteiger partial charge in [-0.3, -0.25) is 5.32 Å². The zero-order valence-corrected chi connectivity index (χ0v) is 5.80. The maximum absolute atomic E-state index is 4.16. The van der Waals surface area contributed by atoms with Crippen molar-refractivity contribution in [2.24, 2.45) is 0 Å². The zero-order chi connectivity index (χ0) is 5.28. The highest BCUT2D eigenvalue weighted by Gasteiger charge is 2.13. The molecule has 0 aromatic carbocycles. The van der Waals surface area contributed by atoms with Crippen molar-refractivity contribution >= 4 is 24.6 Å². The number of nitrogens with zero attached hydrogens (tertiary/aromatic N) is 1. The molecular weight excluding hydrogens is 128 g/mol. The van der Waals surface area contributed by atoms with Gasteiger partial charge in [0.15, 0.2) is 0 Å². The molecule has 42 valence electrons. The minimum absolute atomic E-state index is 0.310. The van der Waals surface area contributed by atoms with Gasteiger partial charge in [-0.15, -0.1) is 12.6 Å². The molecule has 4 heteroatoms. The lowest BCUT2D eigenvalue weighted by atomic mass is 11.0. The molecule has 0 aliphatic carbocycles. The molecule has 0 aromatic heterocycles. The molecule has 1 aliphatic rings. The largest absolute Gasteiger partial charge is 0.282 e. The van der Waals surface area contributed by atoms with Crippen molar-refractivity contribution in [1.82, 2.24) is 9.62 Å². The van der Waals surface area contributed by atoms with Gasteiger partial charge in [0.1, 0.15) is 4.71 Å². The van der Waals surface area contributed by atoms with E-state index in [4.69, 9.17) is 0 Å². The van der Waals surface area contributed by atoms with Crippen molar-refractivity contribution in [3.63, 3.8) is 0 Å². The molecule has 7 heavy (non-hydrogen) atoms. The van der Waals surface area contributed by atoms with Crippen LogP contribution in [0.25, 0.3) is 0 Å². The van der Waals surface area contributed by atoms with Crippen molar-refractivity contribution < 1.29 is 0 Å². The van der Waals surface area contributed by atoms with E-state index in [1.54, 1.807) is 11.9 Å². The van der Waals surface area contributed by atoms with Gasteiger partial charge in [0, 0.05) is 0 Å². The number of thiol groups is 1. The van der Waals surface area contributed by atoms with Gasteiger partial charge < -0.3 is 0 Å². The summed E-state index contributed by atoms with van der Waals surface area (Å²) in [5.74, 6) is 0. The Morgan fingerprint density at radius 2 is 2.71 bits per heavy atom. The van der Waals surface area contributed by atoms with Crippen LogP contribution in [0.3, 0.4) is 0 Å². The Morgan fingerprint density at radius 1 is 2.00 bits per heavy atom. The Morgan fingerprint density at radius 3 is 2.86 bits per heavy atom. The van der Waals surface area contributed by atoms with E-state index in [2.05, 4.69) is 22.3 Å². The molecule has 1 heterocycles. The highest BCUT2D eigenvalue weighted by Crippen LogP contribution is 2.19. The normalized spacial score (nSPS) is 34.3. The molecule has 1 N–H and O–H groups in total. The Bertz CT molecular complexity index is 60.0. The summed E-state index contributed by atoms with van der Waals surface area (Å²) >= 11 is 5.87. The molecule has 1 aliphatic heterocycles. The minimum atomic E-state index is 0.310. The monoisotopic (exact) mass is 136 g/mol. The van der Waals surface area contributed by atoms with Crippen molar-refractivity contribution in [3.05, 3.63) is 0 Å². The number of hydrogen-bond acceptors (Lipinski definition) is 4. The van der Waals surface area contributed by atoms with Gasteiger partial charge in [-0.05, 0) is 19.0 Å². The SMILES string of the molecule is CN1CNC(S)S1. The lowest BCUT2D eigenvalue weighted by molar-refractivity contribution is 0.553. The van der Waals surface area contributed by atoms with Crippen LogP contribution in [0.15, 0.2) is 0 Å². The molecule has 0 radical (unpaired) electrons. The molecule has 0 bridgehead atoms. The van der Waals surface area contributed by atoms with E-state index in [9.17, 15) is 0 Å². The molecule has 1 rings (SSSR count). The first kappa shape index (κ1) is 5.75.